The average Bonchev–Trinajstić information content (AvgIpc) is 2.64. The number of aromatic nitrogens is 1. The SMILES string of the molecule is CCCC(=O)Cn1ccc2c(C)cccc21. The molecule has 2 aromatic rings. The van der Waals surface area contributed by atoms with Crippen molar-refractivity contribution >= 4 is 16.7 Å². The van der Waals surface area contributed by atoms with E-state index in [1.165, 1.54) is 10.9 Å². The summed E-state index contributed by atoms with van der Waals surface area (Å²) in [5, 5.41) is 1.24. The van der Waals surface area contributed by atoms with Crippen LogP contribution >= 0.6 is 0 Å². The maximum absolute atomic E-state index is 11.6. The summed E-state index contributed by atoms with van der Waals surface area (Å²) in [7, 11) is 0. The molecule has 0 aliphatic rings. The third-order valence-electron chi connectivity index (χ3n) is 2.91. The molecular weight excluding hydrogens is 198 g/mol. The molecule has 1 heterocycles. The van der Waals surface area contributed by atoms with Crippen molar-refractivity contribution in [3.05, 3.63) is 36.0 Å². The van der Waals surface area contributed by atoms with Crippen LogP contribution in [-0.4, -0.2) is 10.4 Å². The van der Waals surface area contributed by atoms with Crippen molar-refractivity contribution in [1.29, 1.82) is 0 Å². The minimum atomic E-state index is 0.307. The van der Waals surface area contributed by atoms with Gasteiger partial charge in [0, 0.05) is 23.5 Å². The van der Waals surface area contributed by atoms with Crippen LogP contribution < -0.4 is 0 Å². The van der Waals surface area contributed by atoms with E-state index in [1.807, 2.05) is 23.8 Å². The van der Waals surface area contributed by atoms with E-state index < -0.39 is 0 Å². The molecule has 2 nitrogen and oxygen atoms in total. The van der Waals surface area contributed by atoms with Crippen molar-refractivity contribution in [2.75, 3.05) is 0 Å². The van der Waals surface area contributed by atoms with Gasteiger partial charge in [-0.25, -0.2) is 0 Å². The maximum Gasteiger partial charge on any atom is 0.152 e. The molecule has 0 aliphatic heterocycles. The number of hydrogen-bond acceptors (Lipinski definition) is 1. The predicted octanol–water partition coefficient (Wildman–Crippen LogP) is 3.32. The van der Waals surface area contributed by atoms with E-state index in [0.717, 1.165) is 11.9 Å². The number of fused-ring (bicyclic) bond motifs is 1. The molecule has 1 aromatic carbocycles. The summed E-state index contributed by atoms with van der Waals surface area (Å²) in [5.74, 6) is 0.307. The number of benzene rings is 1. The van der Waals surface area contributed by atoms with E-state index in [1.54, 1.807) is 0 Å². The molecule has 0 radical (unpaired) electrons. The molecule has 0 amide bonds. The molecule has 0 spiro atoms. The fourth-order valence-electron chi connectivity index (χ4n) is 2.06. The van der Waals surface area contributed by atoms with Gasteiger partial charge in [0.05, 0.1) is 6.54 Å². The van der Waals surface area contributed by atoms with E-state index in [0.29, 0.717) is 18.7 Å². The second-order valence-corrected chi connectivity index (χ2v) is 4.24. The van der Waals surface area contributed by atoms with Gasteiger partial charge in [-0.05, 0) is 31.0 Å². The minimum absolute atomic E-state index is 0.307. The predicted molar refractivity (Wildman–Crippen MR) is 66.6 cm³/mol. The van der Waals surface area contributed by atoms with Crippen LogP contribution in [0.5, 0.6) is 0 Å². The number of ketones is 1. The Morgan fingerprint density at radius 2 is 2.12 bits per heavy atom. The Morgan fingerprint density at radius 3 is 2.88 bits per heavy atom. The first-order valence-electron chi connectivity index (χ1n) is 5.78. The van der Waals surface area contributed by atoms with Gasteiger partial charge in [-0.1, -0.05) is 19.1 Å². The summed E-state index contributed by atoms with van der Waals surface area (Å²) >= 11 is 0. The third-order valence-corrected chi connectivity index (χ3v) is 2.91. The Bertz CT molecular complexity index is 510. The van der Waals surface area contributed by atoms with Gasteiger partial charge in [0.15, 0.2) is 5.78 Å². The molecular formula is C14H17NO. The zero-order chi connectivity index (χ0) is 11.5. The van der Waals surface area contributed by atoms with Crippen molar-refractivity contribution in [2.24, 2.45) is 0 Å². The maximum atomic E-state index is 11.6. The lowest BCUT2D eigenvalue weighted by Crippen LogP contribution is -2.08. The Labute approximate surface area is 95.9 Å². The summed E-state index contributed by atoms with van der Waals surface area (Å²) in [6.07, 6.45) is 3.60. The zero-order valence-electron chi connectivity index (χ0n) is 9.86. The molecule has 0 atom stereocenters. The standard InChI is InChI=1S/C14H17NO/c1-3-5-12(16)10-15-9-8-13-11(2)6-4-7-14(13)15/h4,6-9H,3,5,10H2,1-2H3. The van der Waals surface area contributed by atoms with Crippen molar-refractivity contribution < 1.29 is 4.79 Å². The highest BCUT2D eigenvalue weighted by Gasteiger charge is 2.06. The van der Waals surface area contributed by atoms with Crippen molar-refractivity contribution in [3.63, 3.8) is 0 Å². The highest BCUT2D eigenvalue weighted by atomic mass is 16.1. The normalized spacial score (nSPS) is 10.9. The molecule has 0 saturated heterocycles. The second-order valence-electron chi connectivity index (χ2n) is 4.24. The third kappa shape index (κ3) is 2.01. The van der Waals surface area contributed by atoms with Gasteiger partial charge in [-0.15, -0.1) is 0 Å². The molecule has 16 heavy (non-hydrogen) atoms. The molecule has 0 bridgehead atoms. The Kier molecular flexibility index (Phi) is 3.09. The number of hydrogen-bond donors (Lipinski definition) is 0. The summed E-state index contributed by atoms with van der Waals surface area (Å²) in [4.78, 5) is 11.6. The number of nitrogens with zero attached hydrogens (tertiary/aromatic N) is 1. The molecule has 0 saturated carbocycles. The molecule has 1 aromatic heterocycles. The first-order valence-corrected chi connectivity index (χ1v) is 5.78. The first kappa shape index (κ1) is 10.9. The largest absolute Gasteiger partial charge is 0.340 e. The molecule has 0 N–H and O–H groups in total. The van der Waals surface area contributed by atoms with E-state index in [-0.39, 0.29) is 0 Å². The van der Waals surface area contributed by atoms with Crippen LogP contribution in [0.4, 0.5) is 0 Å². The van der Waals surface area contributed by atoms with Crippen LogP contribution in [-0.2, 0) is 11.3 Å². The number of aryl methyl sites for hydroxylation is 1. The number of carbonyl (C=O) groups is 1. The first-order chi connectivity index (χ1) is 7.72. The van der Waals surface area contributed by atoms with Gasteiger partial charge in [-0.2, -0.15) is 0 Å². The number of rotatable bonds is 4. The average molecular weight is 215 g/mol. The van der Waals surface area contributed by atoms with E-state index in [4.69, 9.17) is 0 Å². The quantitative estimate of drug-likeness (QED) is 0.766. The van der Waals surface area contributed by atoms with Crippen molar-refractivity contribution in [3.8, 4) is 0 Å². The summed E-state index contributed by atoms with van der Waals surface area (Å²) in [6, 6.07) is 8.30. The highest BCUT2D eigenvalue weighted by Crippen LogP contribution is 2.19. The lowest BCUT2D eigenvalue weighted by molar-refractivity contribution is -0.119. The molecule has 0 unspecified atom stereocenters. The van der Waals surface area contributed by atoms with Crippen LogP contribution in [0.25, 0.3) is 10.9 Å². The summed E-state index contributed by atoms with van der Waals surface area (Å²) in [5.41, 5.74) is 2.42. The monoisotopic (exact) mass is 215 g/mol. The Hall–Kier alpha value is -1.57. The van der Waals surface area contributed by atoms with Crippen molar-refractivity contribution in [2.45, 2.75) is 33.2 Å². The second kappa shape index (κ2) is 4.52. The minimum Gasteiger partial charge on any atom is -0.340 e. The highest BCUT2D eigenvalue weighted by molar-refractivity contribution is 5.86. The molecule has 84 valence electrons. The van der Waals surface area contributed by atoms with Gasteiger partial charge in [0.1, 0.15) is 0 Å². The fraction of sp³-hybridized carbons (Fsp3) is 0.357. The van der Waals surface area contributed by atoms with Crippen LogP contribution in [0.1, 0.15) is 25.3 Å². The van der Waals surface area contributed by atoms with E-state index in [9.17, 15) is 4.79 Å². The van der Waals surface area contributed by atoms with E-state index >= 15 is 0 Å². The van der Waals surface area contributed by atoms with Gasteiger partial charge < -0.3 is 4.57 Å². The smallest absolute Gasteiger partial charge is 0.152 e. The summed E-state index contributed by atoms with van der Waals surface area (Å²) in [6.45, 7) is 4.64. The lowest BCUT2D eigenvalue weighted by atomic mass is 10.1. The number of Topliss-reactive ketones (excluding diaryl/α,β-unsaturated/α-hetero) is 1. The van der Waals surface area contributed by atoms with Crippen LogP contribution in [0, 0.1) is 6.92 Å². The van der Waals surface area contributed by atoms with Crippen LogP contribution in [0.3, 0.4) is 0 Å². The summed E-state index contributed by atoms with van der Waals surface area (Å²) < 4.78 is 2.04. The van der Waals surface area contributed by atoms with Gasteiger partial charge in [0.25, 0.3) is 0 Å². The van der Waals surface area contributed by atoms with Crippen LogP contribution in [0.2, 0.25) is 0 Å². The molecule has 0 aliphatic carbocycles. The zero-order valence-corrected chi connectivity index (χ0v) is 9.86. The Balaban J connectivity index is 2.32. The molecule has 2 heteroatoms. The lowest BCUT2D eigenvalue weighted by Gasteiger charge is -2.04. The number of carbonyl (C=O) groups excluding carboxylic acids is 1. The molecule has 0 fully saturated rings. The fourth-order valence-corrected chi connectivity index (χ4v) is 2.06. The molecule has 2 rings (SSSR count). The van der Waals surface area contributed by atoms with Gasteiger partial charge in [0.2, 0.25) is 0 Å². The van der Waals surface area contributed by atoms with Gasteiger partial charge >= 0.3 is 0 Å². The van der Waals surface area contributed by atoms with E-state index in [2.05, 4.69) is 25.1 Å². The Morgan fingerprint density at radius 1 is 1.31 bits per heavy atom. The van der Waals surface area contributed by atoms with Gasteiger partial charge in [-0.3, -0.25) is 4.79 Å². The van der Waals surface area contributed by atoms with Crippen LogP contribution in [0.15, 0.2) is 30.5 Å². The topological polar surface area (TPSA) is 22.0 Å². The van der Waals surface area contributed by atoms with Crippen molar-refractivity contribution in [1.82, 2.24) is 4.57 Å².